The molecule has 10 nitrogen and oxygen atoms in total. The minimum Gasteiger partial charge on any atom is -0.481 e. The maximum atomic E-state index is 12.5. The van der Waals surface area contributed by atoms with Gasteiger partial charge in [-0.05, 0) is 60.8 Å². The van der Waals surface area contributed by atoms with Gasteiger partial charge in [0, 0.05) is 61.5 Å². The molecule has 0 saturated carbocycles. The standard InChI is InChI=1S/C30H31ClN3O2.C10H8F2N3O2.Mn/c1-19-7-3-4-8-21(19)22-9-5-10-23(28(22)31)24-17-20-12-13-25(27(20)29(32-24)36-2)34-16-15-30(18-34)14-6-11-26(35)33-30;1-14-7-3-6(8(11)12)13-4-5(7)9(16)15(2)10(14)17;/h3-5,8-10,17,25H,6,11-16,18H2,1-2H3,(H,33,35);3,8H,1-2H3;/q2*-1;+2/t25-,30-;;/m0../s1. The van der Waals surface area contributed by atoms with E-state index in [0.717, 1.165) is 88.3 Å². The third kappa shape index (κ3) is 7.22. The zero-order valence-corrected chi connectivity index (χ0v) is 32.2. The Hall–Kier alpha value is -4.42. The molecular weight excluding hydrogens is 757 g/mol. The van der Waals surface area contributed by atoms with Gasteiger partial charge in [-0.1, -0.05) is 48.4 Å². The molecule has 1 radical (unpaired) electrons. The molecule has 3 aromatic heterocycles. The number of hydrogen-bond donors (Lipinski definition) is 1. The Labute approximate surface area is 327 Å². The number of pyridine rings is 2. The monoisotopic (exact) mass is 795 g/mol. The number of methoxy groups -OCH3 is 1. The number of amides is 1. The first-order chi connectivity index (χ1) is 25.4. The van der Waals surface area contributed by atoms with Crippen LogP contribution in [0, 0.1) is 19.2 Å². The Morgan fingerprint density at radius 2 is 1.80 bits per heavy atom. The Bertz CT molecular complexity index is 2370. The first-order valence-corrected chi connectivity index (χ1v) is 17.9. The summed E-state index contributed by atoms with van der Waals surface area (Å²) in [5.41, 5.74) is 5.69. The van der Waals surface area contributed by atoms with Crippen LogP contribution in [0.3, 0.4) is 0 Å². The summed E-state index contributed by atoms with van der Waals surface area (Å²) in [5, 5.41) is 4.02. The van der Waals surface area contributed by atoms with Crippen molar-refractivity contribution in [2.45, 2.75) is 63.5 Å². The number of piperidine rings is 1. The van der Waals surface area contributed by atoms with Gasteiger partial charge in [0.15, 0.2) is 5.56 Å². The molecule has 0 bridgehead atoms. The molecule has 54 heavy (non-hydrogen) atoms. The van der Waals surface area contributed by atoms with E-state index in [1.54, 1.807) is 7.11 Å². The first kappa shape index (κ1) is 39.3. The summed E-state index contributed by atoms with van der Waals surface area (Å²) >= 11 is 6.99. The topological polar surface area (TPSA) is 111 Å². The van der Waals surface area contributed by atoms with Crippen molar-refractivity contribution in [2.75, 3.05) is 20.2 Å². The molecule has 2 saturated heterocycles. The fourth-order valence-corrected chi connectivity index (χ4v) is 8.34. The summed E-state index contributed by atoms with van der Waals surface area (Å²) in [7, 11) is 4.40. The minimum atomic E-state index is -2.77. The third-order valence-corrected chi connectivity index (χ3v) is 11.2. The molecule has 5 heterocycles. The summed E-state index contributed by atoms with van der Waals surface area (Å²) in [5.74, 6) is 0.880. The van der Waals surface area contributed by atoms with E-state index in [0.29, 0.717) is 17.3 Å². The minimum absolute atomic E-state index is 0. The smallest absolute Gasteiger partial charge is 0.481 e. The predicted molar refractivity (Wildman–Crippen MR) is 198 cm³/mol. The van der Waals surface area contributed by atoms with Crippen LogP contribution in [0.15, 0.2) is 58.1 Å². The summed E-state index contributed by atoms with van der Waals surface area (Å²) in [6.07, 6.45) is 5.21. The number of aromatic nitrogens is 4. The number of fused-ring (bicyclic) bond motifs is 2. The van der Waals surface area contributed by atoms with Gasteiger partial charge in [-0.15, -0.1) is 5.56 Å². The SMILES string of the molecule is COc1nc(-c2cccc(-c3ccc[c-]c3C)c2Cl)cc2c1[C@@H](N1CC[C@@]3(CCCC(=O)N3)C1)CC2.Cn1c(=O)c2[c-]nc(C(F)F)cc2n(C)c1=O.[Mn+2]. The van der Waals surface area contributed by atoms with Crippen molar-refractivity contribution < 1.29 is 35.4 Å². The average molecular weight is 796 g/mol. The quantitative estimate of drug-likeness (QED) is 0.165. The molecule has 1 aliphatic carbocycles. The fraction of sp³-hybridized carbons (Fsp3) is 0.375. The number of benzene rings is 2. The van der Waals surface area contributed by atoms with E-state index >= 15 is 0 Å². The molecule has 2 aromatic carbocycles. The molecule has 1 N–H and O–H groups in total. The van der Waals surface area contributed by atoms with Gasteiger partial charge in [-0.25, -0.2) is 18.6 Å². The van der Waals surface area contributed by atoms with Crippen molar-refractivity contribution in [3.8, 4) is 28.3 Å². The van der Waals surface area contributed by atoms with Crippen molar-refractivity contribution >= 4 is 28.4 Å². The van der Waals surface area contributed by atoms with Crippen LogP contribution in [0.25, 0.3) is 33.3 Å². The number of hydrogen-bond acceptors (Lipinski definition) is 7. The second kappa shape index (κ2) is 15.7. The van der Waals surface area contributed by atoms with Crippen molar-refractivity contribution in [3.63, 3.8) is 0 Å². The van der Waals surface area contributed by atoms with E-state index in [9.17, 15) is 23.2 Å². The molecule has 8 rings (SSSR count). The normalized spacial score (nSPS) is 19.3. The van der Waals surface area contributed by atoms with Crippen LogP contribution in [0.5, 0.6) is 5.88 Å². The molecule has 3 aliphatic rings. The van der Waals surface area contributed by atoms with Gasteiger partial charge < -0.3 is 29.0 Å². The molecule has 2 aliphatic heterocycles. The van der Waals surface area contributed by atoms with Gasteiger partial charge in [0.2, 0.25) is 18.2 Å². The van der Waals surface area contributed by atoms with Crippen LogP contribution < -0.4 is 21.3 Å². The van der Waals surface area contributed by atoms with Gasteiger partial charge in [-0.3, -0.25) is 9.69 Å². The predicted octanol–water partition coefficient (Wildman–Crippen LogP) is 6.29. The van der Waals surface area contributed by atoms with Crippen molar-refractivity contribution in [1.82, 2.24) is 29.3 Å². The molecule has 0 unspecified atom stereocenters. The maximum Gasteiger partial charge on any atom is 2.00 e. The molecule has 281 valence electrons. The Balaban J connectivity index is 0.000000233. The van der Waals surface area contributed by atoms with Crippen LogP contribution >= 0.6 is 11.6 Å². The molecule has 2 fully saturated rings. The molecule has 1 amide bonds. The first-order valence-electron chi connectivity index (χ1n) is 17.6. The number of carbonyl (C=O) groups is 1. The van der Waals surface area contributed by atoms with Crippen LogP contribution in [0.4, 0.5) is 8.78 Å². The summed E-state index contributed by atoms with van der Waals surface area (Å²) in [4.78, 5) is 46.3. The number of alkyl halides is 2. The maximum absolute atomic E-state index is 12.5. The zero-order valence-electron chi connectivity index (χ0n) is 30.3. The van der Waals surface area contributed by atoms with Crippen LogP contribution in [0.1, 0.15) is 67.0 Å². The molecule has 5 aromatic rings. The van der Waals surface area contributed by atoms with E-state index in [1.165, 1.54) is 25.2 Å². The van der Waals surface area contributed by atoms with E-state index in [4.69, 9.17) is 21.3 Å². The van der Waals surface area contributed by atoms with E-state index in [-0.39, 0.29) is 45.5 Å². The van der Waals surface area contributed by atoms with E-state index in [2.05, 4.69) is 52.6 Å². The molecule has 1 spiro atoms. The van der Waals surface area contributed by atoms with E-state index in [1.807, 2.05) is 24.3 Å². The summed E-state index contributed by atoms with van der Waals surface area (Å²) < 4.78 is 32.8. The summed E-state index contributed by atoms with van der Waals surface area (Å²) in [6.45, 7) is 3.93. The number of nitrogens with one attached hydrogen (secondary N) is 1. The Morgan fingerprint density at radius 1 is 1.04 bits per heavy atom. The van der Waals surface area contributed by atoms with Crippen molar-refractivity contribution in [1.29, 1.82) is 0 Å². The van der Waals surface area contributed by atoms with Gasteiger partial charge >= 0.3 is 22.8 Å². The number of halogens is 3. The zero-order chi connectivity index (χ0) is 37.6. The molecular formula is C40H39ClF2MnN6O4. The second-order valence-electron chi connectivity index (χ2n) is 14.0. The largest absolute Gasteiger partial charge is 2.00 e. The van der Waals surface area contributed by atoms with E-state index < -0.39 is 23.4 Å². The van der Waals surface area contributed by atoms with Gasteiger partial charge in [-0.2, -0.15) is 29.8 Å². The Morgan fingerprint density at radius 3 is 2.52 bits per heavy atom. The average Bonchev–Trinajstić information content (AvgIpc) is 3.77. The van der Waals surface area contributed by atoms with Gasteiger partial charge in [0.25, 0.3) is 0 Å². The van der Waals surface area contributed by atoms with Crippen molar-refractivity contribution in [3.05, 3.63) is 109 Å². The number of nitrogens with zero attached hydrogens (tertiary/aromatic N) is 5. The number of carbonyl (C=O) groups excluding carboxylic acids is 1. The third-order valence-electron chi connectivity index (χ3n) is 10.8. The number of ether oxygens (including phenoxy) is 1. The van der Waals surface area contributed by atoms with Crippen LogP contribution in [0.2, 0.25) is 5.02 Å². The van der Waals surface area contributed by atoms with Crippen molar-refractivity contribution in [2.24, 2.45) is 14.1 Å². The number of rotatable bonds is 5. The van der Waals surface area contributed by atoms with Crippen LogP contribution in [-0.2, 0) is 42.4 Å². The molecule has 2 atom stereocenters. The summed E-state index contributed by atoms with van der Waals surface area (Å²) in [6, 6.07) is 18.9. The number of likely N-dealkylation sites (tertiary alicyclic amines) is 1. The van der Waals surface area contributed by atoms with Gasteiger partial charge in [0.05, 0.1) is 18.3 Å². The van der Waals surface area contributed by atoms with Crippen LogP contribution in [-0.4, -0.2) is 55.6 Å². The fourth-order valence-electron chi connectivity index (χ4n) is 8.01. The number of aryl methyl sites for hydroxylation is 3. The molecule has 14 heteroatoms. The Kier molecular flexibility index (Phi) is 11.5. The van der Waals surface area contributed by atoms with Gasteiger partial charge in [0.1, 0.15) is 0 Å². The second-order valence-corrected chi connectivity index (χ2v) is 14.4.